The summed E-state index contributed by atoms with van der Waals surface area (Å²) in [6, 6.07) is 10.5. The predicted octanol–water partition coefficient (Wildman–Crippen LogP) is 4.37. The minimum Gasteiger partial charge on any atom is -0.388 e. The SMILES string of the molecule is Cc1ccc(CC(O)c2ccc(Cl)c(F)c2)cc1C. The van der Waals surface area contributed by atoms with Gasteiger partial charge in [0.05, 0.1) is 11.1 Å². The van der Waals surface area contributed by atoms with Crippen molar-refractivity contribution in [3.63, 3.8) is 0 Å². The van der Waals surface area contributed by atoms with E-state index in [9.17, 15) is 9.50 Å². The zero-order valence-corrected chi connectivity index (χ0v) is 11.7. The molecule has 0 radical (unpaired) electrons. The number of hydrogen-bond acceptors (Lipinski definition) is 1. The lowest BCUT2D eigenvalue weighted by molar-refractivity contribution is 0.178. The van der Waals surface area contributed by atoms with Crippen molar-refractivity contribution >= 4 is 11.6 Å². The van der Waals surface area contributed by atoms with E-state index in [0.717, 1.165) is 5.56 Å². The highest BCUT2D eigenvalue weighted by Gasteiger charge is 2.11. The zero-order valence-electron chi connectivity index (χ0n) is 11.0. The Hall–Kier alpha value is -1.38. The van der Waals surface area contributed by atoms with Gasteiger partial charge in [0.2, 0.25) is 0 Å². The van der Waals surface area contributed by atoms with Gasteiger partial charge in [-0.2, -0.15) is 0 Å². The first-order valence-corrected chi connectivity index (χ1v) is 6.54. The van der Waals surface area contributed by atoms with Crippen molar-refractivity contribution in [1.82, 2.24) is 0 Å². The molecule has 2 aromatic rings. The molecule has 0 saturated carbocycles. The second-order valence-electron chi connectivity index (χ2n) is 4.81. The molecule has 0 saturated heterocycles. The Labute approximate surface area is 117 Å². The van der Waals surface area contributed by atoms with E-state index in [1.54, 1.807) is 6.07 Å². The molecule has 0 bridgehead atoms. The molecule has 0 heterocycles. The zero-order chi connectivity index (χ0) is 14.0. The molecule has 0 aliphatic carbocycles. The summed E-state index contributed by atoms with van der Waals surface area (Å²) in [6.45, 7) is 4.08. The second-order valence-corrected chi connectivity index (χ2v) is 5.22. The number of hydrogen-bond donors (Lipinski definition) is 1. The second kappa shape index (κ2) is 5.72. The highest BCUT2D eigenvalue weighted by Crippen LogP contribution is 2.23. The van der Waals surface area contributed by atoms with Crippen molar-refractivity contribution in [3.8, 4) is 0 Å². The number of aliphatic hydroxyl groups excluding tert-OH is 1. The van der Waals surface area contributed by atoms with Gasteiger partial charge in [0, 0.05) is 6.42 Å². The number of aliphatic hydroxyl groups is 1. The Balaban J connectivity index is 2.17. The van der Waals surface area contributed by atoms with E-state index in [2.05, 4.69) is 0 Å². The van der Waals surface area contributed by atoms with Crippen LogP contribution in [0.15, 0.2) is 36.4 Å². The molecule has 0 fully saturated rings. The van der Waals surface area contributed by atoms with Gasteiger partial charge in [-0.15, -0.1) is 0 Å². The maximum Gasteiger partial charge on any atom is 0.142 e. The molecule has 100 valence electrons. The van der Waals surface area contributed by atoms with Crippen molar-refractivity contribution in [2.24, 2.45) is 0 Å². The van der Waals surface area contributed by atoms with Crippen molar-refractivity contribution in [2.75, 3.05) is 0 Å². The van der Waals surface area contributed by atoms with Crippen LogP contribution in [0.5, 0.6) is 0 Å². The van der Waals surface area contributed by atoms with Crippen LogP contribution in [0.2, 0.25) is 5.02 Å². The minimum absolute atomic E-state index is 0.0714. The molecule has 1 unspecified atom stereocenters. The summed E-state index contributed by atoms with van der Waals surface area (Å²) >= 11 is 5.63. The van der Waals surface area contributed by atoms with Crippen LogP contribution < -0.4 is 0 Å². The van der Waals surface area contributed by atoms with Crippen molar-refractivity contribution in [1.29, 1.82) is 0 Å². The Morgan fingerprint density at radius 3 is 2.47 bits per heavy atom. The highest BCUT2D eigenvalue weighted by molar-refractivity contribution is 6.30. The van der Waals surface area contributed by atoms with E-state index in [4.69, 9.17) is 11.6 Å². The third-order valence-electron chi connectivity index (χ3n) is 3.33. The van der Waals surface area contributed by atoms with Crippen LogP contribution in [-0.4, -0.2) is 5.11 Å². The van der Waals surface area contributed by atoms with Gasteiger partial charge < -0.3 is 5.11 Å². The highest BCUT2D eigenvalue weighted by atomic mass is 35.5. The van der Waals surface area contributed by atoms with E-state index in [-0.39, 0.29) is 5.02 Å². The molecule has 0 aliphatic heterocycles. The molecule has 0 spiro atoms. The maximum absolute atomic E-state index is 13.4. The van der Waals surface area contributed by atoms with E-state index < -0.39 is 11.9 Å². The first kappa shape index (κ1) is 14.0. The summed E-state index contributed by atoms with van der Waals surface area (Å²) in [5.74, 6) is -0.502. The normalized spacial score (nSPS) is 12.5. The van der Waals surface area contributed by atoms with Crippen LogP contribution in [-0.2, 0) is 6.42 Å². The number of benzene rings is 2. The first-order chi connectivity index (χ1) is 8.97. The summed E-state index contributed by atoms with van der Waals surface area (Å²) in [6.07, 6.45) is -0.267. The summed E-state index contributed by atoms with van der Waals surface area (Å²) in [5.41, 5.74) is 3.98. The van der Waals surface area contributed by atoms with Gasteiger partial charge in [-0.05, 0) is 48.2 Å². The minimum atomic E-state index is -0.728. The van der Waals surface area contributed by atoms with Crippen molar-refractivity contribution in [3.05, 3.63) is 69.5 Å². The molecular formula is C16H16ClFO. The summed E-state index contributed by atoms with van der Waals surface area (Å²) < 4.78 is 13.4. The smallest absolute Gasteiger partial charge is 0.142 e. The molecule has 2 aromatic carbocycles. The quantitative estimate of drug-likeness (QED) is 0.884. The molecule has 19 heavy (non-hydrogen) atoms. The average Bonchev–Trinajstić information content (AvgIpc) is 2.37. The van der Waals surface area contributed by atoms with Gasteiger partial charge in [0.1, 0.15) is 5.82 Å². The molecule has 0 amide bonds. The van der Waals surface area contributed by atoms with E-state index in [0.29, 0.717) is 12.0 Å². The Bertz CT molecular complexity index is 595. The molecule has 0 aromatic heterocycles. The largest absolute Gasteiger partial charge is 0.388 e. The van der Waals surface area contributed by atoms with Gasteiger partial charge in [0.25, 0.3) is 0 Å². The average molecular weight is 279 g/mol. The monoisotopic (exact) mass is 278 g/mol. The predicted molar refractivity (Wildman–Crippen MR) is 76.0 cm³/mol. The standard InChI is InChI=1S/C16H16ClFO/c1-10-3-4-12(7-11(10)2)8-16(19)13-5-6-14(17)15(18)9-13/h3-7,9,16,19H,8H2,1-2H3. The fraction of sp³-hybridized carbons (Fsp3) is 0.250. The van der Waals surface area contributed by atoms with E-state index in [1.165, 1.54) is 23.3 Å². The van der Waals surface area contributed by atoms with E-state index in [1.807, 2.05) is 32.0 Å². The Morgan fingerprint density at radius 1 is 1.11 bits per heavy atom. The number of aryl methyl sites for hydroxylation is 2. The van der Waals surface area contributed by atoms with Crippen LogP contribution in [0, 0.1) is 19.7 Å². The Kier molecular flexibility index (Phi) is 4.23. The van der Waals surface area contributed by atoms with Gasteiger partial charge in [0.15, 0.2) is 0 Å². The van der Waals surface area contributed by atoms with Crippen molar-refractivity contribution in [2.45, 2.75) is 26.4 Å². The lowest BCUT2D eigenvalue weighted by Gasteiger charge is -2.12. The fourth-order valence-electron chi connectivity index (χ4n) is 1.99. The molecular weight excluding hydrogens is 263 g/mol. The van der Waals surface area contributed by atoms with Crippen LogP contribution in [0.4, 0.5) is 4.39 Å². The maximum atomic E-state index is 13.4. The van der Waals surface area contributed by atoms with Crippen molar-refractivity contribution < 1.29 is 9.50 Å². The van der Waals surface area contributed by atoms with Gasteiger partial charge in [-0.1, -0.05) is 35.9 Å². The molecule has 1 atom stereocenters. The van der Waals surface area contributed by atoms with Gasteiger partial charge in [-0.3, -0.25) is 0 Å². The lowest BCUT2D eigenvalue weighted by atomic mass is 9.98. The number of rotatable bonds is 3. The van der Waals surface area contributed by atoms with Crippen LogP contribution in [0.1, 0.15) is 28.4 Å². The van der Waals surface area contributed by atoms with E-state index >= 15 is 0 Å². The van der Waals surface area contributed by atoms with Gasteiger partial charge >= 0.3 is 0 Å². The fourth-order valence-corrected chi connectivity index (χ4v) is 2.11. The third-order valence-corrected chi connectivity index (χ3v) is 3.64. The van der Waals surface area contributed by atoms with Crippen LogP contribution in [0.3, 0.4) is 0 Å². The molecule has 2 rings (SSSR count). The summed E-state index contributed by atoms with van der Waals surface area (Å²) in [5, 5.41) is 10.2. The van der Waals surface area contributed by atoms with Crippen LogP contribution in [0.25, 0.3) is 0 Å². The molecule has 0 aliphatic rings. The third kappa shape index (κ3) is 3.34. The van der Waals surface area contributed by atoms with Gasteiger partial charge in [-0.25, -0.2) is 4.39 Å². The molecule has 1 nitrogen and oxygen atoms in total. The summed E-state index contributed by atoms with van der Waals surface area (Å²) in [4.78, 5) is 0. The molecule has 1 N–H and O–H groups in total. The number of halogens is 2. The lowest BCUT2D eigenvalue weighted by Crippen LogP contribution is -2.03. The first-order valence-electron chi connectivity index (χ1n) is 6.16. The van der Waals surface area contributed by atoms with Crippen LogP contribution >= 0.6 is 11.6 Å². The topological polar surface area (TPSA) is 20.2 Å². The Morgan fingerprint density at radius 2 is 1.84 bits per heavy atom. The molecule has 3 heteroatoms. The summed E-state index contributed by atoms with van der Waals surface area (Å²) in [7, 11) is 0.